The lowest BCUT2D eigenvalue weighted by Crippen LogP contribution is -2.47. The molecule has 166 valence electrons. The molecule has 0 spiro atoms. The molecule has 1 N–H and O–H groups in total. The van der Waals surface area contributed by atoms with Crippen molar-refractivity contribution in [2.45, 2.75) is 26.7 Å². The number of carbonyl (C=O) groups is 2. The first kappa shape index (κ1) is 23.1. The molecule has 0 aromatic heterocycles. The fraction of sp³-hybridized carbons (Fsp3) is 0.417. The van der Waals surface area contributed by atoms with E-state index in [9.17, 15) is 9.59 Å². The van der Waals surface area contributed by atoms with Gasteiger partial charge in [-0.3, -0.25) is 9.59 Å². The van der Waals surface area contributed by atoms with Crippen LogP contribution in [0.15, 0.2) is 36.4 Å². The maximum atomic E-state index is 12.8. The van der Waals surface area contributed by atoms with Crippen molar-refractivity contribution >= 4 is 29.1 Å². The molecule has 0 aliphatic carbocycles. The molecular weight excluding hydrogens is 414 g/mol. The van der Waals surface area contributed by atoms with Gasteiger partial charge >= 0.3 is 0 Å². The fourth-order valence-electron chi connectivity index (χ4n) is 3.52. The predicted molar refractivity (Wildman–Crippen MR) is 124 cm³/mol. The van der Waals surface area contributed by atoms with Gasteiger partial charge in [-0.05, 0) is 55.3 Å². The Hall–Kier alpha value is -2.57. The van der Waals surface area contributed by atoms with E-state index in [2.05, 4.69) is 24.1 Å². The summed E-state index contributed by atoms with van der Waals surface area (Å²) in [4.78, 5) is 29.4. The van der Waals surface area contributed by atoms with Crippen LogP contribution in [0.3, 0.4) is 0 Å². The SMILES string of the molecule is Cc1ccc(C(C)C)c(OCC(=O)Nc2cc(C(=O)N3CCN(C)CC3)ccc2Cl)c1. The van der Waals surface area contributed by atoms with Crippen molar-refractivity contribution in [3.05, 3.63) is 58.1 Å². The molecule has 1 fully saturated rings. The summed E-state index contributed by atoms with van der Waals surface area (Å²) in [5, 5.41) is 3.15. The third-order valence-electron chi connectivity index (χ3n) is 5.43. The molecule has 0 radical (unpaired) electrons. The molecule has 31 heavy (non-hydrogen) atoms. The second-order valence-electron chi connectivity index (χ2n) is 8.32. The maximum absolute atomic E-state index is 12.8. The lowest BCUT2D eigenvalue weighted by atomic mass is 10.0. The number of anilines is 1. The minimum Gasteiger partial charge on any atom is -0.483 e. The van der Waals surface area contributed by atoms with Crippen molar-refractivity contribution in [3.8, 4) is 5.75 Å². The number of nitrogens with zero attached hydrogens (tertiary/aromatic N) is 2. The summed E-state index contributed by atoms with van der Waals surface area (Å²) in [6.45, 7) is 9.07. The van der Waals surface area contributed by atoms with Gasteiger partial charge in [0.1, 0.15) is 5.75 Å². The Kier molecular flexibility index (Phi) is 7.57. The van der Waals surface area contributed by atoms with Crippen LogP contribution in [0.5, 0.6) is 5.75 Å². The van der Waals surface area contributed by atoms with Crippen molar-refractivity contribution < 1.29 is 14.3 Å². The van der Waals surface area contributed by atoms with Gasteiger partial charge in [-0.15, -0.1) is 0 Å². The lowest BCUT2D eigenvalue weighted by Gasteiger charge is -2.32. The molecule has 2 amide bonds. The van der Waals surface area contributed by atoms with Gasteiger partial charge in [0.25, 0.3) is 11.8 Å². The van der Waals surface area contributed by atoms with Gasteiger partial charge in [-0.1, -0.05) is 37.6 Å². The quantitative estimate of drug-likeness (QED) is 0.727. The van der Waals surface area contributed by atoms with Crippen LogP contribution in [0.25, 0.3) is 0 Å². The number of rotatable bonds is 6. The van der Waals surface area contributed by atoms with Crippen LogP contribution in [0.4, 0.5) is 5.69 Å². The summed E-state index contributed by atoms with van der Waals surface area (Å²) >= 11 is 6.27. The van der Waals surface area contributed by atoms with Gasteiger partial charge in [0, 0.05) is 31.7 Å². The minimum absolute atomic E-state index is 0.0575. The van der Waals surface area contributed by atoms with Crippen LogP contribution < -0.4 is 10.1 Å². The molecule has 1 aliphatic rings. The number of carbonyl (C=O) groups excluding carboxylic acids is 2. The average molecular weight is 444 g/mol. The molecule has 0 saturated carbocycles. The summed E-state index contributed by atoms with van der Waals surface area (Å²) in [6.07, 6.45) is 0. The molecule has 7 heteroatoms. The Labute approximate surface area is 189 Å². The molecule has 3 rings (SSSR count). The van der Waals surface area contributed by atoms with E-state index in [1.165, 1.54) is 0 Å². The summed E-state index contributed by atoms with van der Waals surface area (Å²) in [7, 11) is 2.04. The molecule has 0 unspecified atom stereocenters. The first-order chi connectivity index (χ1) is 14.7. The molecule has 1 heterocycles. The molecule has 0 atom stereocenters. The number of ether oxygens (including phenoxy) is 1. The van der Waals surface area contributed by atoms with Crippen LogP contribution in [-0.2, 0) is 4.79 Å². The topological polar surface area (TPSA) is 61.9 Å². The second kappa shape index (κ2) is 10.2. The minimum atomic E-state index is -0.331. The monoisotopic (exact) mass is 443 g/mol. The van der Waals surface area contributed by atoms with E-state index in [4.69, 9.17) is 16.3 Å². The Balaban J connectivity index is 1.66. The number of amides is 2. The molecule has 2 aromatic carbocycles. The zero-order chi connectivity index (χ0) is 22.5. The summed E-state index contributed by atoms with van der Waals surface area (Å²) in [6, 6.07) is 11.0. The van der Waals surface area contributed by atoms with Crippen LogP contribution in [0, 0.1) is 6.92 Å². The molecule has 1 aliphatic heterocycles. The van der Waals surface area contributed by atoms with Crippen molar-refractivity contribution in [2.24, 2.45) is 0 Å². The number of benzene rings is 2. The van der Waals surface area contributed by atoms with Crippen LogP contribution in [0.2, 0.25) is 5.02 Å². The Bertz CT molecular complexity index is 953. The number of aryl methyl sites for hydroxylation is 1. The normalized spacial score (nSPS) is 14.6. The maximum Gasteiger partial charge on any atom is 0.262 e. The highest BCUT2D eigenvalue weighted by Crippen LogP contribution is 2.28. The first-order valence-electron chi connectivity index (χ1n) is 10.5. The third kappa shape index (κ3) is 5.99. The van der Waals surface area contributed by atoms with Crippen molar-refractivity contribution in [3.63, 3.8) is 0 Å². The van der Waals surface area contributed by atoms with Gasteiger partial charge in [0.05, 0.1) is 10.7 Å². The number of hydrogen-bond acceptors (Lipinski definition) is 4. The zero-order valence-electron chi connectivity index (χ0n) is 18.6. The highest BCUT2D eigenvalue weighted by Gasteiger charge is 2.21. The van der Waals surface area contributed by atoms with Crippen molar-refractivity contribution in [1.29, 1.82) is 0 Å². The van der Waals surface area contributed by atoms with Gasteiger partial charge in [-0.2, -0.15) is 0 Å². The summed E-state index contributed by atoms with van der Waals surface area (Å²) < 4.78 is 5.80. The van der Waals surface area contributed by atoms with Crippen LogP contribution in [-0.4, -0.2) is 61.4 Å². The van der Waals surface area contributed by atoms with Gasteiger partial charge in [0.15, 0.2) is 6.61 Å². The smallest absolute Gasteiger partial charge is 0.262 e. The molecule has 2 aromatic rings. The molecule has 6 nitrogen and oxygen atoms in total. The van der Waals surface area contributed by atoms with E-state index in [0.717, 1.165) is 24.2 Å². The van der Waals surface area contributed by atoms with E-state index in [0.29, 0.717) is 35.1 Å². The van der Waals surface area contributed by atoms with Gasteiger partial charge in [0.2, 0.25) is 0 Å². The highest BCUT2D eigenvalue weighted by molar-refractivity contribution is 6.33. The molecular formula is C24H30ClN3O3. The van der Waals surface area contributed by atoms with Gasteiger partial charge < -0.3 is 19.9 Å². The number of hydrogen-bond donors (Lipinski definition) is 1. The third-order valence-corrected chi connectivity index (χ3v) is 5.76. The Morgan fingerprint density at radius 2 is 1.81 bits per heavy atom. The van der Waals surface area contributed by atoms with E-state index >= 15 is 0 Å². The zero-order valence-corrected chi connectivity index (χ0v) is 19.3. The number of halogens is 1. The van der Waals surface area contributed by atoms with E-state index < -0.39 is 0 Å². The summed E-state index contributed by atoms with van der Waals surface area (Å²) in [5.41, 5.74) is 3.03. The summed E-state index contributed by atoms with van der Waals surface area (Å²) in [5.74, 6) is 0.598. The second-order valence-corrected chi connectivity index (χ2v) is 8.73. The van der Waals surface area contributed by atoms with E-state index in [1.807, 2.05) is 37.1 Å². The van der Waals surface area contributed by atoms with Gasteiger partial charge in [-0.25, -0.2) is 0 Å². The highest BCUT2D eigenvalue weighted by atomic mass is 35.5. The van der Waals surface area contributed by atoms with Crippen LogP contribution in [0.1, 0.15) is 41.3 Å². The van der Waals surface area contributed by atoms with E-state index in [1.54, 1.807) is 18.2 Å². The fourth-order valence-corrected chi connectivity index (χ4v) is 3.68. The van der Waals surface area contributed by atoms with Crippen molar-refractivity contribution in [2.75, 3.05) is 45.2 Å². The standard InChI is InChI=1S/C24H30ClN3O3/c1-16(2)19-7-5-17(3)13-22(19)31-15-23(29)26-21-14-18(6-8-20(21)25)24(30)28-11-9-27(4)10-12-28/h5-8,13-14,16H,9-12,15H2,1-4H3,(H,26,29). The first-order valence-corrected chi connectivity index (χ1v) is 10.9. The number of likely N-dealkylation sites (N-methyl/N-ethyl adjacent to an activating group) is 1. The van der Waals surface area contributed by atoms with Crippen molar-refractivity contribution in [1.82, 2.24) is 9.80 Å². The number of piperazine rings is 1. The van der Waals surface area contributed by atoms with Crippen LogP contribution >= 0.6 is 11.6 Å². The molecule has 0 bridgehead atoms. The Morgan fingerprint density at radius 1 is 1.10 bits per heavy atom. The predicted octanol–water partition coefficient (Wildman–Crippen LogP) is 4.18. The Morgan fingerprint density at radius 3 is 2.48 bits per heavy atom. The molecule has 1 saturated heterocycles. The lowest BCUT2D eigenvalue weighted by molar-refractivity contribution is -0.118. The largest absolute Gasteiger partial charge is 0.483 e. The average Bonchev–Trinajstić information content (AvgIpc) is 2.73. The van der Waals surface area contributed by atoms with E-state index in [-0.39, 0.29) is 24.3 Å². The number of nitrogens with one attached hydrogen (secondary N) is 1.